The molecule has 0 heterocycles. The van der Waals surface area contributed by atoms with Gasteiger partial charge in [-0.2, -0.15) is 0 Å². The Morgan fingerprint density at radius 3 is 2.43 bits per heavy atom. The predicted molar refractivity (Wildman–Crippen MR) is 94.8 cm³/mol. The second kappa shape index (κ2) is 7.28. The van der Waals surface area contributed by atoms with Crippen molar-refractivity contribution in [2.45, 2.75) is 26.3 Å². The van der Waals surface area contributed by atoms with Crippen molar-refractivity contribution in [2.75, 3.05) is 6.54 Å². The molecule has 0 bridgehead atoms. The van der Waals surface area contributed by atoms with E-state index in [9.17, 15) is 4.79 Å². The summed E-state index contributed by atoms with van der Waals surface area (Å²) in [5.41, 5.74) is 3.48. The van der Waals surface area contributed by atoms with Gasteiger partial charge in [-0.1, -0.05) is 60.2 Å². The summed E-state index contributed by atoms with van der Waals surface area (Å²) in [6, 6.07) is 18.4. The molecule has 1 saturated carbocycles. The molecular weight excluding hydrogens is 282 g/mol. The number of rotatable bonds is 6. The number of nitrogens with zero attached hydrogens (tertiary/aromatic N) is 1. The minimum Gasteiger partial charge on any atom is -0.335 e. The Hall–Kier alpha value is -2.35. The SMILES string of the molecule is Cc1ccc(/C=C/C(=O)N(Cc2ccccc2)CC2CC2)cc1. The third-order valence-electron chi connectivity index (χ3n) is 4.20. The largest absolute Gasteiger partial charge is 0.335 e. The highest BCUT2D eigenvalue weighted by molar-refractivity contribution is 5.91. The Morgan fingerprint density at radius 1 is 1.09 bits per heavy atom. The van der Waals surface area contributed by atoms with Gasteiger partial charge in [0.1, 0.15) is 0 Å². The van der Waals surface area contributed by atoms with Crippen molar-refractivity contribution in [3.63, 3.8) is 0 Å². The fourth-order valence-corrected chi connectivity index (χ4v) is 2.60. The van der Waals surface area contributed by atoms with Crippen LogP contribution >= 0.6 is 0 Å². The second-order valence-corrected chi connectivity index (χ2v) is 6.39. The third-order valence-corrected chi connectivity index (χ3v) is 4.20. The summed E-state index contributed by atoms with van der Waals surface area (Å²) in [6.07, 6.45) is 6.11. The highest BCUT2D eigenvalue weighted by Crippen LogP contribution is 2.30. The van der Waals surface area contributed by atoms with Crippen LogP contribution in [0.5, 0.6) is 0 Å². The summed E-state index contributed by atoms with van der Waals surface area (Å²) in [5, 5.41) is 0. The van der Waals surface area contributed by atoms with Gasteiger partial charge in [-0.05, 0) is 42.9 Å². The van der Waals surface area contributed by atoms with Crippen molar-refractivity contribution < 1.29 is 4.79 Å². The zero-order valence-electron chi connectivity index (χ0n) is 13.6. The normalized spacial score (nSPS) is 14.1. The zero-order chi connectivity index (χ0) is 16.1. The molecule has 118 valence electrons. The van der Waals surface area contributed by atoms with Crippen molar-refractivity contribution in [3.05, 3.63) is 77.4 Å². The Balaban J connectivity index is 1.68. The van der Waals surface area contributed by atoms with Crippen LogP contribution in [0.4, 0.5) is 0 Å². The summed E-state index contributed by atoms with van der Waals surface area (Å²) in [7, 11) is 0. The van der Waals surface area contributed by atoms with Crippen LogP contribution < -0.4 is 0 Å². The third kappa shape index (κ3) is 4.82. The number of hydrogen-bond donors (Lipinski definition) is 0. The summed E-state index contributed by atoms with van der Waals surface area (Å²) in [6.45, 7) is 3.62. The molecule has 1 aliphatic carbocycles. The number of carbonyl (C=O) groups excluding carboxylic acids is 1. The molecule has 0 radical (unpaired) electrons. The standard InChI is InChI=1S/C21H23NO/c1-17-7-9-18(10-8-17)13-14-21(23)22(16-20-11-12-20)15-19-5-3-2-4-6-19/h2-10,13-14,20H,11-12,15-16H2,1H3/b14-13+. The van der Waals surface area contributed by atoms with Gasteiger partial charge in [0.25, 0.3) is 0 Å². The van der Waals surface area contributed by atoms with Crippen LogP contribution in [-0.4, -0.2) is 17.4 Å². The molecule has 0 N–H and O–H groups in total. The first kappa shape index (κ1) is 15.5. The molecule has 1 amide bonds. The topological polar surface area (TPSA) is 20.3 Å². The lowest BCUT2D eigenvalue weighted by molar-refractivity contribution is -0.126. The molecule has 2 aromatic rings. The summed E-state index contributed by atoms with van der Waals surface area (Å²) in [5.74, 6) is 0.789. The molecule has 2 aromatic carbocycles. The fraction of sp³-hybridized carbons (Fsp3) is 0.286. The van der Waals surface area contributed by atoms with Crippen LogP contribution in [0.1, 0.15) is 29.5 Å². The van der Waals surface area contributed by atoms with Crippen LogP contribution in [0.2, 0.25) is 0 Å². The highest BCUT2D eigenvalue weighted by atomic mass is 16.2. The van der Waals surface area contributed by atoms with E-state index in [-0.39, 0.29) is 5.91 Å². The number of carbonyl (C=O) groups is 1. The van der Waals surface area contributed by atoms with Gasteiger partial charge in [0.2, 0.25) is 5.91 Å². The van der Waals surface area contributed by atoms with E-state index in [1.165, 1.54) is 24.0 Å². The van der Waals surface area contributed by atoms with Crippen LogP contribution in [0, 0.1) is 12.8 Å². The van der Waals surface area contributed by atoms with E-state index in [0.717, 1.165) is 12.1 Å². The van der Waals surface area contributed by atoms with E-state index in [1.807, 2.05) is 41.3 Å². The Bertz CT molecular complexity index is 669. The molecule has 23 heavy (non-hydrogen) atoms. The van der Waals surface area contributed by atoms with Crippen molar-refractivity contribution in [3.8, 4) is 0 Å². The molecule has 0 aliphatic heterocycles. The first-order valence-electron chi connectivity index (χ1n) is 8.28. The first-order valence-corrected chi connectivity index (χ1v) is 8.28. The van der Waals surface area contributed by atoms with Crippen LogP contribution in [-0.2, 0) is 11.3 Å². The van der Waals surface area contributed by atoms with E-state index < -0.39 is 0 Å². The van der Waals surface area contributed by atoms with E-state index >= 15 is 0 Å². The number of amides is 1. The van der Waals surface area contributed by atoms with Crippen LogP contribution in [0.3, 0.4) is 0 Å². The lowest BCUT2D eigenvalue weighted by Crippen LogP contribution is -2.31. The minimum atomic E-state index is 0.0985. The number of benzene rings is 2. The van der Waals surface area contributed by atoms with Crippen molar-refractivity contribution in [1.29, 1.82) is 0 Å². The molecule has 3 rings (SSSR count). The molecule has 0 aromatic heterocycles. The molecule has 0 unspecified atom stereocenters. The maximum atomic E-state index is 12.6. The maximum Gasteiger partial charge on any atom is 0.246 e. The van der Waals surface area contributed by atoms with Crippen molar-refractivity contribution >= 4 is 12.0 Å². The van der Waals surface area contributed by atoms with Gasteiger partial charge in [0.05, 0.1) is 0 Å². The minimum absolute atomic E-state index is 0.0985. The Labute approximate surface area is 138 Å². The molecular formula is C21H23NO. The summed E-state index contributed by atoms with van der Waals surface area (Å²) in [4.78, 5) is 14.6. The summed E-state index contributed by atoms with van der Waals surface area (Å²) >= 11 is 0. The van der Waals surface area contributed by atoms with Gasteiger partial charge in [-0.25, -0.2) is 0 Å². The molecule has 2 heteroatoms. The number of aryl methyl sites for hydroxylation is 1. The lowest BCUT2D eigenvalue weighted by Gasteiger charge is -2.21. The average Bonchev–Trinajstić information content (AvgIpc) is 3.38. The number of hydrogen-bond acceptors (Lipinski definition) is 1. The maximum absolute atomic E-state index is 12.6. The predicted octanol–water partition coefficient (Wildman–Crippen LogP) is 4.45. The van der Waals surface area contributed by atoms with Crippen molar-refractivity contribution in [1.82, 2.24) is 4.90 Å². The van der Waals surface area contributed by atoms with E-state index in [1.54, 1.807) is 6.08 Å². The zero-order valence-corrected chi connectivity index (χ0v) is 13.6. The van der Waals surface area contributed by atoms with Gasteiger partial charge in [0.15, 0.2) is 0 Å². The van der Waals surface area contributed by atoms with Crippen molar-refractivity contribution in [2.24, 2.45) is 5.92 Å². The quantitative estimate of drug-likeness (QED) is 0.722. The van der Waals surface area contributed by atoms with E-state index in [4.69, 9.17) is 0 Å². The molecule has 2 nitrogen and oxygen atoms in total. The van der Waals surface area contributed by atoms with Crippen LogP contribution in [0.25, 0.3) is 6.08 Å². The molecule has 0 atom stereocenters. The fourth-order valence-electron chi connectivity index (χ4n) is 2.60. The summed E-state index contributed by atoms with van der Waals surface area (Å²) < 4.78 is 0. The van der Waals surface area contributed by atoms with Gasteiger partial charge in [-0.3, -0.25) is 4.79 Å². The molecule has 0 saturated heterocycles. The molecule has 1 aliphatic rings. The van der Waals surface area contributed by atoms with Gasteiger partial charge in [-0.15, -0.1) is 0 Å². The average molecular weight is 305 g/mol. The highest BCUT2D eigenvalue weighted by Gasteiger charge is 2.26. The first-order chi connectivity index (χ1) is 11.2. The smallest absolute Gasteiger partial charge is 0.246 e. The second-order valence-electron chi connectivity index (χ2n) is 6.39. The van der Waals surface area contributed by atoms with Gasteiger partial charge in [0, 0.05) is 19.2 Å². The molecule has 1 fully saturated rings. The lowest BCUT2D eigenvalue weighted by atomic mass is 10.1. The van der Waals surface area contributed by atoms with E-state index in [0.29, 0.717) is 12.5 Å². The van der Waals surface area contributed by atoms with Crippen LogP contribution in [0.15, 0.2) is 60.7 Å². The Morgan fingerprint density at radius 2 is 1.78 bits per heavy atom. The van der Waals surface area contributed by atoms with Gasteiger partial charge < -0.3 is 4.90 Å². The van der Waals surface area contributed by atoms with Gasteiger partial charge >= 0.3 is 0 Å². The monoisotopic (exact) mass is 305 g/mol. The Kier molecular flexibility index (Phi) is 4.92. The molecule has 0 spiro atoms. The van der Waals surface area contributed by atoms with E-state index in [2.05, 4.69) is 31.2 Å².